The molecule has 0 spiro atoms. The van der Waals surface area contributed by atoms with Crippen molar-refractivity contribution >= 4 is 40.9 Å². The number of carbonyl (C=O) groups excluding carboxylic acids is 1. The van der Waals surface area contributed by atoms with E-state index in [1.807, 2.05) is 20.8 Å². The summed E-state index contributed by atoms with van der Waals surface area (Å²) in [5, 5.41) is 2.07. The summed E-state index contributed by atoms with van der Waals surface area (Å²) in [4.78, 5) is 14.6. The molecule has 0 heterocycles. The van der Waals surface area contributed by atoms with E-state index >= 15 is 0 Å². The number of rotatable bonds is 2. The van der Waals surface area contributed by atoms with Gasteiger partial charge in [-0.1, -0.05) is 23.2 Å². The van der Waals surface area contributed by atoms with Crippen LogP contribution in [-0.4, -0.2) is 16.5 Å². The van der Waals surface area contributed by atoms with E-state index in [9.17, 15) is 4.79 Å². The van der Waals surface area contributed by atoms with Crippen LogP contribution in [-0.2, 0) is 0 Å². The summed E-state index contributed by atoms with van der Waals surface area (Å²) in [6.07, 6.45) is 0. The first kappa shape index (κ1) is 14.6. The Bertz CT molecular complexity index is 429. The molecular formula is C11H13Cl3N2O. The Kier molecular flexibility index (Phi) is 4.67. The van der Waals surface area contributed by atoms with Gasteiger partial charge < -0.3 is 0 Å². The Morgan fingerprint density at radius 1 is 1.29 bits per heavy atom. The highest BCUT2D eigenvalue weighted by atomic mass is 35.5. The number of hydrogen-bond donors (Lipinski definition) is 1. The van der Waals surface area contributed by atoms with Crippen LogP contribution in [0.5, 0.6) is 0 Å². The maximum atomic E-state index is 12.2. The van der Waals surface area contributed by atoms with Crippen LogP contribution in [0.2, 0.25) is 10.0 Å². The minimum Gasteiger partial charge on any atom is -0.268 e. The molecule has 0 aliphatic rings. The highest BCUT2D eigenvalue weighted by Gasteiger charge is 2.28. The van der Waals surface area contributed by atoms with E-state index in [0.717, 1.165) is 0 Å². The Morgan fingerprint density at radius 2 is 1.88 bits per heavy atom. The Hall–Kier alpha value is -0.480. The molecule has 0 bridgehead atoms. The molecular weight excluding hydrogens is 282 g/mol. The van der Waals surface area contributed by atoms with E-state index in [1.165, 1.54) is 11.1 Å². The van der Waals surface area contributed by atoms with Gasteiger partial charge in [0.25, 0.3) is 5.91 Å². The Labute approximate surface area is 116 Å². The number of benzene rings is 1. The van der Waals surface area contributed by atoms with Crippen LogP contribution in [0.1, 0.15) is 31.1 Å². The minimum absolute atomic E-state index is 0.295. The van der Waals surface area contributed by atoms with Gasteiger partial charge in [0.15, 0.2) is 0 Å². The molecule has 1 amide bonds. The molecule has 0 unspecified atom stereocenters. The molecule has 1 aromatic carbocycles. The molecule has 0 saturated heterocycles. The summed E-state index contributed by atoms with van der Waals surface area (Å²) in [6, 6.07) is 4.70. The SMILES string of the molecule is CC(C)(C)N(NCl)C(=O)c1ccc(Cl)cc1Cl. The summed E-state index contributed by atoms with van der Waals surface area (Å²) < 4.78 is 0. The van der Waals surface area contributed by atoms with Crippen LogP contribution in [0.3, 0.4) is 0 Å². The third-order valence-electron chi connectivity index (χ3n) is 2.12. The lowest BCUT2D eigenvalue weighted by molar-refractivity contribution is 0.0516. The maximum absolute atomic E-state index is 12.2. The number of hydrogen-bond acceptors (Lipinski definition) is 2. The van der Waals surface area contributed by atoms with Gasteiger partial charge in [0.05, 0.1) is 16.1 Å². The first-order chi connectivity index (χ1) is 7.77. The summed E-state index contributed by atoms with van der Waals surface area (Å²) in [5.74, 6) is -0.311. The van der Waals surface area contributed by atoms with Gasteiger partial charge in [0.1, 0.15) is 0 Å². The van der Waals surface area contributed by atoms with Gasteiger partial charge in [-0.3, -0.25) is 9.80 Å². The minimum atomic E-state index is -0.470. The van der Waals surface area contributed by atoms with Crippen LogP contribution in [0, 0.1) is 0 Å². The molecule has 0 radical (unpaired) electrons. The van der Waals surface area contributed by atoms with Gasteiger partial charge in [-0.15, -0.1) is 4.94 Å². The van der Waals surface area contributed by atoms with Crippen molar-refractivity contribution in [3.05, 3.63) is 33.8 Å². The Balaban J connectivity index is 3.11. The largest absolute Gasteiger partial charge is 0.271 e. The van der Waals surface area contributed by atoms with E-state index in [4.69, 9.17) is 35.0 Å². The van der Waals surface area contributed by atoms with Gasteiger partial charge >= 0.3 is 0 Å². The van der Waals surface area contributed by atoms with Crippen molar-refractivity contribution in [2.75, 3.05) is 0 Å². The zero-order valence-corrected chi connectivity index (χ0v) is 12.0. The second kappa shape index (κ2) is 5.44. The summed E-state index contributed by atoms with van der Waals surface area (Å²) >= 11 is 17.3. The lowest BCUT2D eigenvalue weighted by Gasteiger charge is -2.33. The van der Waals surface area contributed by atoms with E-state index in [2.05, 4.69) is 4.94 Å². The number of carbonyl (C=O) groups is 1. The molecule has 6 heteroatoms. The zero-order valence-electron chi connectivity index (χ0n) is 9.72. The van der Waals surface area contributed by atoms with Crippen LogP contribution in [0.4, 0.5) is 0 Å². The number of hydrazine groups is 1. The summed E-state index contributed by atoms with van der Waals surface area (Å²) in [6.45, 7) is 5.55. The van der Waals surface area contributed by atoms with Crippen molar-refractivity contribution in [2.45, 2.75) is 26.3 Å². The fourth-order valence-electron chi connectivity index (χ4n) is 1.25. The van der Waals surface area contributed by atoms with Crippen molar-refractivity contribution in [3.63, 3.8) is 0 Å². The molecule has 1 rings (SSSR count). The average molecular weight is 296 g/mol. The molecule has 0 aliphatic heterocycles. The fourth-order valence-corrected chi connectivity index (χ4v) is 2.07. The monoisotopic (exact) mass is 294 g/mol. The van der Waals surface area contributed by atoms with Crippen LogP contribution in [0.25, 0.3) is 0 Å². The van der Waals surface area contributed by atoms with E-state index in [-0.39, 0.29) is 5.91 Å². The quantitative estimate of drug-likeness (QED) is 0.663. The van der Waals surface area contributed by atoms with Gasteiger partial charge in [-0.05, 0) is 50.7 Å². The fraction of sp³-hybridized carbons (Fsp3) is 0.364. The number of halogens is 3. The molecule has 94 valence electrons. The van der Waals surface area contributed by atoms with Crippen LogP contribution >= 0.6 is 35.0 Å². The highest BCUT2D eigenvalue weighted by molar-refractivity contribution is 6.36. The van der Waals surface area contributed by atoms with E-state index in [1.54, 1.807) is 12.1 Å². The van der Waals surface area contributed by atoms with Gasteiger partial charge in [-0.25, -0.2) is 0 Å². The molecule has 0 aromatic heterocycles. The van der Waals surface area contributed by atoms with Crippen molar-refractivity contribution < 1.29 is 4.79 Å². The van der Waals surface area contributed by atoms with E-state index in [0.29, 0.717) is 15.6 Å². The molecule has 0 fully saturated rings. The number of nitrogens with one attached hydrogen (secondary N) is 1. The molecule has 3 nitrogen and oxygen atoms in total. The first-order valence-corrected chi connectivity index (χ1v) is 6.06. The van der Waals surface area contributed by atoms with Gasteiger partial charge in [-0.2, -0.15) is 0 Å². The van der Waals surface area contributed by atoms with Crippen molar-refractivity contribution in [3.8, 4) is 0 Å². The number of nitrogens with zero attached hydrogens (tertiary/aromatic N) is 1. The second-order valence-corrected chi connectivity index (χ2v) is 5.53. The molecule has 1 aromatic rings. The predicted molar refractivity (Wildman–Crippen MR) is 71.4 cm³/mol. The predicted octanol–water partition coefficient (Wildman–Crippen LogP) is 3.89. The molecule has 1 N–H and O–H groups in total. The van der Waals surface area contributed by atoms with E-state index < -0.39 is 5.54 Å². The van der Waals surface area contributed by atoms with Crippen molar-refractivity contribution in [2.24, 2.45) is 0 Å². The molecule has 0 aliphatic carbocycles. The summed E-state index contributed by atoms with van der Waals surface area (Å²) in [5.41, 5.74) is -0.124. The standard InChI is InChI=1S/C11H13Cl3N2O/c1-11(2,3)16(15-14)10(17)8-5-4-7(12)6-9(8)13/h4-6,15H,1-3H3. The molecule has 17 heavy (non-hydrogen) atoms. The van der Waals surface area contributed by atoms with Crippen molar-refractivity contribution in [1.29, 1.82) is 0 Å². The third-order valence-corrected chi connectivity index (χ3v) is 2.84. The first-order valence-electron chi connectivity index (χ1n) is 4.93. The van der Waals surface area contributed by atoms with Crippen LogP contribution in [0.15, 0.2) is 18.2 Å². The summed E-state index contributed by atoms with van der Waals surface area (Å²) in [7, 11) is 0. The Morgan fingerprint density at radius 3 is 2.29 bits per heavy atom. The normalized spacial score (nSPS) is 11.4. The van der Waals surface area contributed by atoms with Gasteiger partial charge in [0, 0.05) is 5.02 Å². The van der Waals surface area contributed by atoms with Gasteiger partial charge in [0.2, 0.25) is 0 Å². The molecule has 0 atom stereocenters. The lowest BCUT2D eigenvalue weighted by Crippen LogP contribution is -2.50. The zero-order chi connectivity index (χ0) is 13.2. The lowest BCUT2D eigenvalue weighted by atomic mass is 10.1. The maximum Gasteiger partial charge on any atom is 0.271 e. The highest BCUT2D eigenvalue weighted by Crippen LogP contribution is 2.24. The van der Waals surface area contributed by atoms with Crippen LogP contribution < -0.4 is 4.94 Å². The second-order valence-electron chi connectivity index (χ2n) is 4.52. The topological polar surface area (TPSA) is 32.3 Å². The third kappa shape index (κ3) is 3.49. The smallest absolute Gasteiger partial charge is 0.268 e. The molecule has 0 saturated carbocycles. The van der Waals surface area contributed by atoms with Crippen molar-refractivity contribution in [1.82, 2.24) is 9.95 Å². The number of amides is 1. The average Bonchev–Trinajstić information content (AvgIpc) is 2.15.